The van der Waals surface area contributed by atoms with Crippen molar-refractivity contribution < 1.29 is 8.42 Å². The van der Waals surface area contributed by atoms with Crippen LogP contribution in [-0.2, 0) is 16.6 Å². The second-order valence-electron chi connectivity index (χ2n) is 3.29. The van der Waals surface area contributed by atoms with E-state index in [2.05, 4.69) is 19.9 Å². The van der Waals surface area contributed by atoms with Gasteiger partial charge in [-0.25, -0.2) is 18.1 Å². The number of H-pyrrole nitrogens is 1. The summed E-state index contributed by atoms with van der Waals surface area (Å²) in [5.74, 6) is 0.754. The van der Waals surface area contributed by atoms with Gasteiger partial charge in [-0.1, -0.05) is 6.92 Å². The maximum absolute atomic E-state index is 11.5. The number of nitrogens with one attached hydrogen (secondary N) is 2. The second kappa shape index (κ2) is 5.43. The molecule has 2 N–H and O–H groups in total. The number of aromatic nitrogens is 3. The van der Waals surface area contributed by atoms with Crippen LogP contribution in [0.3, 0.4) is 0 Å². The van der Waals surface area contributed by atoms with E-state index >= 15 is 0 Å². The standard InChI is InChI=1S/C7H13ClN4O2S/c1-6(2-8)4-15(13,14)11-3-7-9-5-10-12-7/h5-6,11H,2-4H2,1H3,(H,9,10,12). The van der Waals surface area contributed by atoms with Crippen LogP contribution in [0, 0.1) is 5.92 Å². The predicted octanol–water partition coefficient (Wildman–Crippen LogP) is 0.0990. The molecule has 0 saturated carbocycles. The number of rotatable bonds is 6. The summed E-state index contributed by atoms with van der Waals surface area (Å²) in [6.07, 6.45) is 1.32. The lowest BCUT2D eigenvalue weighted by atomic mass is 10.3. The van der Waals surface area contributed by atoms with Crippen molar-refractivity contribution >= 4 is 21.6 Å². The maximum Gasteiger partial charge on any atom is 0.212 e. The zero-order chi connectivity index (χ0) is 11.3. The summed E-state index contributed by atoms with van der Waals surface area (Å²) in [7, 11) is -3.29. The van der Waals surface area contributed by atoms with Crippen molar-refractivity contribution in [2.45, 2.75) is 13.5 Å². The highest BCUT2D eigenvalue weighted by Crippen LogP contribution is 2.02. The predicted molar refractivity (Wildman–Crippen MR) is 56.9 cm³/mol. The fourth-order valence-corrected chi connectivity index (χ4v) is 2.55. The monoisotopic (exact) mass is 252 g/mol. The van der Waals surface area contributed by atoms with Gasteiger partial charge in [-0.05, 0) is 5.92 Å². The van der Waals surface area contributed by atoms with Crippen LogP contribution >= 0.6 is 11.6 Å². The molecular formula is C7H13ClN4O2S. The number of halogens is 1. The Hall–Kier alpha value is -0.660. The van der Waals surface area contributed by atoms with Crippen LogP contribution < -0.4 is 4.72 Å². The van der Waals surface area contributed by atoms with Gasteiger partial charge in [0.15, 0.2) is 0 Å². The molecule has 1 aromatic heterocycles. The third kappa shape index (κ3) is 4.59. The third-order valence-corrected chi connectivity index (χ3v) is 3.81. The molecule has 6 nitrogen and oxygen atoms in total. The zero-order valence-corrected chi connectivity index (χ0v) is 9.85. The Balaban J connectivity index is 2.43. The lowest BCUT2D eigenvalue weighted by Crippen LogP contribution is -2.29. The van der Waals surface area contributed by atoms with E-state index in [1.807, 2.05) is 0 Å². The minimum atomic E-state index is -3.29. The van der Waals surface area contributed by atoms with Crippen LogP contribution in [0.1, 0.15) is 12.7 Å². The number of nitrogens with zero attached hydrogens (tertiary/aromatic N) is 2. The van der Waals surface area contributed by atoms with Crippen molar-refractivity contribution in [3.63, 3.8) is 0 Å². The van der Waals surface area contributed by atoms with E-state index in [4.69, 9.17) is 11.6 Å². The zero-order valence-electron chi connectivity index (χ0n) is 8.27. The van der Waals surface area contributed by atoms with Crippen molar-refractivity contribution in [2.24, 2.45) is 5.92 Å². The van der Waals surface area contributed by atoms with Crippen molar-refractivity contribution in [3.05, 3.63) is 12.2 Å². The first-order valence-corrected chi connectivity index (χ1v) is 6.59. The molecule has 0 aliphatic rings. The van der Waals surface area contributed by atoms with Crippen molar-refractivity contribution in [2.75, 3.05) is 11.6 Å². The molecule has 0 spiro atoms. The minimum Gasteiger partial charge on any atom is -0.262 e. The van der Waals surface area contributed by atoms with Gasteiger partial charge in [-0.15, -0.1) is 11.6 Å². The molecule has 0 aromatic carbocycles. The molecule has 8 heteroatoms. The molecule has 0 fully saturated rings. The van der Waals surface area contributed by atoms with Gasteiger partial charge in [0.25, 0.3) is 0 Å². The van der Waals surface area contributed by atoms with Crippen LogP contribution in [0.25, 0.3) is 0 Å². The molecule has 0 bridgehead atoms. The third-order valence-electron chi connectivity index (χ3n) is 1.69. The summed E-state index contributed by atoms with van der Waals surface area (Å²) in [5, 5.41) is 6.17. The normalized spacial score (nSPS) is 14.0. The Bertz CT molecular complexity index is 378. The van der Waals surface area contributed by atoms with Crippen molar-refractivity contribution in [3.8, 4) is 0 Å². The van der Waals surface area contributed by atoms with Crippen molar-refractivity contribution in [1.82, 2.24) is 19.9 Å². The van der Waals surface area contributed by atoms with Gasteiger partial charge in [0.2, 0.25) is 10.0 Å². The van der Waals surface area contributed by atoms with E-state index < -0.39 is 10.0 Å². The largest absolute Gasteiger partial charge is 0.262 e. The summed E-state index contributed by atoms with van der Waals surface area (Å²) in [5.41, 5.74) is 0. The van der Waals surface area contributed by atoms with Crippen LogP contribution in [0.2, 0.25) is 0 Å². The Morgan fingerprint density at radius 3 is 2.93 bits per heavy atom. The number of hydrogen-bond donors (Lipinski definition) is 2. The van der Waals surface area contributed by atoms with Gasteiger partial charge >= 0.3 is 0 Å². The molecule has 15 heavy (non-hydrogen) atoms. The first kappa shape index (κ1) is 12.4. The highest BCUT2D eigenvalue weighted by atomic mass is 35.5. The van der Waals surface area contributed by atoms with Gasteiger partial charge in [-0.3, -0.25) is 5.10 Å². The van der Waals surface area contributed by atoms with E-state index in [9.17, 15) is 8.42 Å². The van der Waals surface area contributed by atoms with Gasteiger partial charge in [0.1, 0.15) is 12.2 Å². The average molecular weight is 253 g/mol. The summed E-state index contributed by atoms with van der Waals surface area (Å²) < 4.78 is 25.3. The quantitative estimate of drug-likeness (QED) is 0.703. The van der Waals surface area contributed by atoms with Crippen LogP contribution in [0.4, 0.5) is 0 Å². The fourth-order valence-electron chi connectivity index (χ4n) is 0.972. The van der Waals surface area contributed by atoms with Crippen LogP contribution in [0.5, 0.6) is 0 Å². The summed E-state index contributed by atoms with van der Waals surface area (Å²) >= 11 is 5.54. The molecule has 0 aliphatic carbocycles. The molecular weight excluding hydrogens is 240 g/mol. The molecule has 0 saturated heterocycles. The van der Waals surface area contributed by atoms with Gasteiger partial charge in [-0.2, -0.15) is 5.10 Å². The summed E-state index contributed by atoms with van der Waals surface area (Å²) in [6.45, 7) is 1.90. The molecule has 1 aromatic rings. The SMILES string of the molecule is CC(CCl)CS(=O)(=O)NCc1ncn[nH]1. The van der Waals surface area contributed by atoms with Crippen LogP contribution in [-0.4, -0.2) is 35.2 Å². The minimum absolute atomic E-state index is 0.0185. The first-order valence-electron chi connectivity index (χ1n) is 4.41. The molecule has 1 unspecified atom stereocenters. The Kier molecular flexibility index (Phi) is 4.49. The number of hydrogen-bond acceptors (Lipinski definition) is 4. The number of alkyl halides is 1. The Labute approximate surface area is 93.5 Å². The van der Waals surface area contributed by atoms with E-state index in [0.29, 0.717) is 11.7 Å². The van der Waals surface area contributed by atoms with E-state index in [1.165, 1.54) is 6.33 Å². The smallest absolute Gasteiger partial charge is 0.212 e. The lowest BCUT2D eigenvalue weighted by molar-refractivity contribution is 0.567. The summed E-state index contributed by atoms with van der Waals surface area (Å²) in [4.78, 5) is 3.80. The van der Waals surface area contributed by atoms with E-state index in [-0.39, 0.29) is 18.2 Å². The van der Waals surface area contributed by atoms with Crippen molar-refractivity contribution in [1.29, 1.82) is 0 Å². The molecule has 0 amide bonds. The van der Waals surface area contributed by atoms with Crippen LogP contribution in [0.15, 0.2) is 6.33 Å². The molecule has 86 valence electrons. The van der Waals surface area contributed by atoms with E-state index in [0.717, 1.165) is 0 Å². The first-order chi connectivity index (χ1) is 7.03. The molecule has 1 atom stereocenters. The topological polar surface area (TPSA) is 87.7 Å². The second-order valence-corrected chi connectivity index (χ2v) is 5.45. The molecule has 1 heterocycles. The van der Waals surface area contributed by atoms with Gasteiger partial charge in [0, 0.05) is 5.88 Å². The molecule has 0 aliphatic heterocycles. The fraction of sp³-hybridized carbons (Fsp3) is 0.714. The average Bonchev–Trinajstić information content (AvgIpc) is 2.66. The maximum atomic E-state index is 11.5. The molecule has 1 rings (SSSR count). The summed E-state index contributed by atoms with van der Waals surface area (Å²) in [6, 6.07) is 0. The Morgan fingerprint density at radius 1 is 1.67 bits per heavy atom. The lowest BCUT2D eigenvalue weighted by Gasteiger charge is -2.08. The van der Waals surface area contributed by atoms with Gasteiger partial charge in [0.05, 0.1) is 12.3 Å². The molecule has 0 radical (unpaired) electrons. The van der Waals surface area contributed by atoms with E-state index in [1.54, 1.807) is 6.92 Å². The highest BCUT2D eigenvalue weighted by Gasteiger charge is 2.14. The van der Waals surface area contributed by atoms with Gasteiger partial charge < -0.3 is 0 Å². The highest BCUT2D eigenvalue weighted by molar-refractivity contribution is 7.89. The number of sulfonamides is 1. The number of aromatic amines is 1. The Morgan fingerprint density at radius 2 is 2.40 bits per heavy atom.